The Kier molecular flexibility index (Phi) is 6.54. The second kappa shape index (κ2) is 9.23. The molecule has 1 aliphatic carbocycles. The highest BCUT2D eigenvalue weighted by molar-refractivity contribution is 6.41. The van der Waals surface area contributed by atoms with Crippen molar-refractivity contribution in [1.29, 1.82) is 0 Å². The van der Waals surface area contributed by atoms with Crippen LogP contribution in [0.4, 0.5) is 5.69 Å². The number of amidine groups is 1. The smallest absolute Gasteiger partial charge is 0.274 e. The number of benzene rings is 1. The summed E-state index contributed by atoms with van der Waals surface area (Å²) in [7, 11) is 1.77. The number of pyridine rings is 1. The lowest BCUT2D eigenvalue weighted by atomic mass is 9.75. The van der Waals surface area contributed by atoms with E-state index in [1.807, 2.05) is 39.0 Å². The van der Waals surface area contributed by atoms with Gasteiger partial charge in [0.2, 0.25) is 0 Å². The Morgan fingerprint density at radius 2 is 1.85 bits per heavy atom. The standard InChI is InChI=1S/C25H30ClN5O2/c1-14-5-8-19(29-24(32)22-15(2)11-18(26)13-28-22)12-21(14)25(30-16(3)23(27)31-25)17-6-9-20(33-4)10-7-17/h5,8,11-13,17,20H,6-7,9-10H2,1-4H3,(H2,27,31)(H,29,32). The molecule has 1 aliphatic heterocycles. The number of hydrogen-bond donors (Lipinski definition) is 2. The fourth-order valence-electron chi connectivity index (χ4n) is 4.89. The largest absolute Gasteiger partial charge is 0.382 e. The summed E-state index contributed by atoms with van der Waals surface area (Å²) in [5, 5.41) is 3.47. The number of halogens is 1. The molecular formula is C25H30ClN5O2. The van der Waals surface area contributed by atoms with Gasteiger partial charge in [0.15, 0.2) is 5.66 Å². The molecule has 7 nitrogen and oxygen atoms in total. The molecule has 0 spiro atoms. The van der Waals surface area contributed by atoms with Gasteiger partial charge in [0, 0.05) is 30.5 Å². The van der Waals surface area contributed by atoms with Crippen LogP contribution in [-0.2, 0) is 10.4 Å². The van der Waals surface area contributed by atoms with Crippen molar-refractivity contribution >= 4 is 34.7 Å². The van der Waals surface area contributed by atoms with Gasteiger partial charge < -0.3 is 15.8 Å². The van der Waals surface area contributed by atoms with Gasteiger partial charge in [-0.2, -0.15) is 0 Å². The minimum absolute atomic E-state index is 0.199. The number of aryl methyl sites for hydroxylation is 2. The Labute approximate surface area is 199 Å². The number of anilines is 1. The number of carbonyl (C=O) groups excluding carboxylic acids is 1. The zero-order valence-corrected chi connectivity index (χ0v) is 20.2. The van der Waals surface area contributed by atoms with E-state index in [2.05, 4.69) is 10.3 Å². The van der Waals surface area contributed by atoms with Crippen LogP contribution >= 0.6 is 11.6 Å². The second-order valence-electron chi connectivity index (χ2n) is 8.93. The molecule has 3 N–H and O–H groups in total. The van der Waals surface area contributed by atoms with Gasteiger partial charge in [-0.3, -0.25) is 9.79 Å². The first-order chi connectivity index (χ1) is 15.7. The van der Waals surface area contributed by atoms with Crippen molar-refractivity contribution in [2.45, 2.75) is 58.2 Å². The van der Waals surface area contributed by atoms with Crippen LogP contribution in [0.3, 0.4) is 0 Å². The molecule has 0 saturated heterocycles. The number of aliphatic imine (C=N–C) groups is 2. The van der Waals surface area contributed by atoms with Gasteiger partial charge in [-0.25, -0.2) is 9.98 Å². The Bertz CT molecular complexity index is 1120. The van der Waals surface area contributed by atoms with Gasteiger partial charge in [-0.15, -0.1) is 0 Å². The third-order valence-electron chi connectivity index (χ3n) is 6.73. The van der Waals surface area contributed by atoms with Crippen LogP contribution in [0.25, 0.3) is 0 Å². The first-order valence-corrected chi connectivity index (χ1v) is 11.6. The molecule has 33 heavy (non-hydrogen) atoms. The first kappa shape index (κ1) is 23.4. The summed E-state index contributed by atoms with van der Waals surface area (Å²) in [6.45, 7) is 5.76. The number of carbonyl (C=O) groups is 1. The maximum atomic E-state index is 12.9. The van der Waals surface area contributed by atoms with E-state index in [0.717, 1.165) is 42.5 Å². The van der Waals surface area contributed by atoms with Crippen LogP contribution < -0.4 is 11.1 Å². The summed E-state index contributed by atoms with van der Waals surface area (Å²) < 4.78 is 5.57. The SMILES string of the molecule is COC1CCC(C2(c3cc(NC(=O)c4ncc(Cl)cc4C)ccc3C)N=C(C)C(N)=N2)CC1. The van der Waals surface area contributed by atoms with Crippen molar-refractivity contribution in [3.8, 4) is 0 Å². The number of amides is 1. The van der Waals surface area contributed by atoms with E-state index < -0.39 is 5.66 Å². The Morgan fingerprint density at radius 3 is 2.45 bits per heavy atom. The van der Waals surface area contributed by atoms with Crippen molar-refractivity contribution in [2.24, 2.45) is 21.6 Å². The van der Waals surface area contributed by atoms with Crippen LogP contribution in [-0.4, -0.2) is 35.7 Å². The average Bonchev–Trinajstić information content (AvgIpc) is 3.10. The normalized spacial score (nSPS) is 24.9. The van der Waals surface area contributed by atoms with E-state index in [-0.39, 0.29) is 17.9 Å². The molecule has 1 aromatic carbocycles. The third-order valence-corrected chi connectivity index (χ3v) is 6.94. The summed E-state index contributed by atoms with van der Waals surface area (Å²) in [5.41, 5.74) is 9.92. The molecular weight excluding hydrogens is 438 g/mol. The van der Waals surface area contributed by atoms with Gasteiger partial charge in [0.1, 0.15) is 11.5 Å². The fraction of sp³-hybridized carbons (Fsp3) is 0.440. The van der Waals surface area contributed by atoms with Crippen molar-refractivity contribution in [3.05, 3.63) is 57.9 Å². The quantitative estimate of drug-likeness (QED) is 0.659. The summed E-state index contributed by atoms with van der Waals surface area (Å²) in [4.78, 5) is 27.0. The van der Waals surface area contributed by atoms with Crippen LogP contribution in [0.15, 0.2) is 40.4 Å². The fourth-order valence-corrected chi connectivity index (χ4v) is 5.10. The molecule has 2 aliphatic rings. The molecule has 2 heterocycles. The van der Waals surface area contributed by atoms with Crippen molar-refractivity contribution < 1.29 is 9.53 Å². The monoisotopic (exact) mass is 467 g/mol. The highest BCUT2D eigenvalue weighted by Crippen LogP contribution is 2.47. The van der Waals surface area contributed by atoms with E-state index >= 15 is 0 Å². The second-order valence-corrected chi connectivity index (χ2v) is 9.37. The Morgan fingerprint density at radius 1 is 1.12 bits per heavy atom. The third kappa shape index (κ3) is 4.52. The van der Waals surface area contributed by atoms with Gasteiger partial charge >= 0.3 is 0 Å². The molecule has 1 fully saturated rings. The van der Waals surface area contributed by atoms with Crippen molar-refractivity contribution in [2.75, 3.05) is 12.4 Å². The number of hydrogen-bond acceptors (Lipinski definition) is 6. The Hall–Kier alpha value is -2.77. The number of methoxy groups -OCH3 is 1. The summed E-state index contributed by atoms with van der Waals surface area (Å²) in [6.07, 6.45) is 5.55. The number of nitrogens with zero attached hydrogens (tertiary/aromatic N) is 3. The summed E-state index contributed by atoms with van der Waals surface area (Å²) >= 11 is 5.99. The van der Waals surface area contributed by atoms with E-state index in [4.69, 9.17) is 32.1 Å². The van der Waals surface area contributed by atoms with Gasteiger partial charge in [0.25, 0.3) is 5.91 Å². The number of rotatable bonds is 5. The van der Waals surface area contributed by atoms with Crippen molar-refractivity contribution in [1.82, 2.24) is 4.98 Å². The van der Waals surface area contributed by atoms with Crippen LogP contribution in [0.5, 0.6) is 0 Å². The van der Waals surface area contributed by atoms with Gasteiger partial charge in [0.05, 0.1) is 16.8 Å². The lowest BCUT2D eigenvalue weighted by Crippen LogP contribution is -2.36. The molecule has 1 atom stereocenters. The lowest BCUT2D eigenvalue weighted by molar-refractivity contribution is 0.0426. The van der Waals surface area contributed by atoms with Gasteiger partial charge in [-0.1, -0.05) is 17.7 Å². The number of aromatic nitrogens is 1. The van der Waals surface area contributed by atoms with E-state index in [1.54, 1.807) is 13.2 Å². The molecule has 4 rings (SSSR count). The molecule has 1 amide bonds. The average molecular weight is 468 g/mol. The molecule has 8 heteroatoms. The molecule has 1 aromatic heterocycles. The van der Waals surface area contributed by atoms with Crippen LogP contribution in [0.1, 0.15) is 59.8 Å². The predicted molar refractivity (Wildman–Crippen MR) is 132 cm³/mol. The number of ether oxygens (including phenoxy) is 1. The topological polar surface area (TPSA) is 102 Å². The first-order valence-electron chi connectivity index (χ1n) is 11.2. The molecule has 1 unspecified atom stereocenters. The number of nitrogens with two attached hydrogens (primary N) is 1. The van der Waals surface area contributed by atoms with E-state index in [9.17, 15) is 4.79 Å². The number of nitrogens with one attached hydrogen (secondary N) is 1. The molecule has 2 aromatic rings. The molecule has 0 bridgehead atoms. The summed E-state index contributed by atoms with van der Waals surface area (Å²) in [5.74, 6) is 0.381. The van der Waals surface area contributed by atoms with Crippen LogP contribution in [0.2, 0.25) is 5.02 Å². The zero-order valence-electron chi connectivity index (χ0n) is 19.5. The van der Waals surface area contributed by atoms with Crippen LogP contribution in [0, 0.1) is 19.8 Å². The maximum absolute atomic E-state index is 12.9. The lowest BCUT2D eigenvalue weighted by Gasteiger charge is -2.38. The van der Waals surface area contributed by atoms with E-state index in [0.29, 0.717) is 27.8 Å². The maximum Gasteiger partial charge on any atom is 0.274 e. The zero-order chi connectivity index (χ0) is 23.8. The Balaban J connectivity index is 1.69. The highest BCUT2D eigenvalue weighted by Gasteiger charge is 2.46. The molecule has 174 valence electrons. The summed E-state index contributed by atoms with van der Waals surface area (Å²) in [6, 6.07) is 7.57. The predicted octanol–water partition coefficient (Wildman–Crippen LogP) is 4.79. The van der Waals surface area contributed by atoms with Gasteiger partial charge in [-0.05, 0) is 75.8 Å². The minimum atomic E-state index is -0.786. The molecule has 1 saturated carbocycles. The van der Waals surface area contributed by atoms with E-state index in [1.165, 1.54) is 6.20 Å². The van der Waals surface area contributed by atoms with Crippen molar-refractivity contribution in [3.63, 3.8) is 0 Å². The highest BCUT2D eigenvalue weighted by atomic mass is 35.5. The minimum Gasteiger partial charge on any atom is -0.382 e. The molecule has 0 radical (unpaired) electrons.